The summed E-state index contributed by atoms with van der Waals surface area (Å²) in [6.45, 7) is -0.0322. The molecule has 3 aromatic rings. The SMILES string of the molecule is COC(=O)CN[C@@H](c1ccccc1)c1ccc(Cl)cc1NC(=O)c1cc(OC)c(OC)cc1OC. The molecule has 2 N–H and O–H groups in total. The second kappa shape index (κ2) is 12.1. The molecule has 0 fully saturated rings. The van der Waals surface area contributed by atoms with Gasteiger partial charge in [-0.05, 0) is 23.3 Å². The number of anilines is 1. The summed E-state index contributed by atoms with van der Waals surface area (Å²) < 4.78 is 20.8. The summed E-state index contributed by atoms with van der Waals surface area (Å²) in [4.78, 5) is 25.2. The van der Waals surface area contributed by atoms with Crippen LogP contribution in [0.4, 0.5) is 5.69 Å². The Kier molecular flexibility index (Phi) is 8.94. The normalized spacial score (nSPS) is 11.3. The molecule has 0 radical (unpaired) electrons. The van der Waals surface area contributed by atoms with Crippen LogP contribution in [0.2, 0.25) is 5.02 Å². The number of halogens is 1. The highest BCUT2D eigenvalue weighted by Gasteiger charge is 2.23. The number of carbonyl (C=O) groups excluding carboxylic acids is 2. The van der Waals surface area contributed by atoms with Gasteiger partial charge in [-0.3, -0.25) is 14.9 Å². The molecule has 9 heteroatoms. The molecule has 0 spiro atoms. The highest BCUT2D eigenvalue weighted by Crippen LogP contribution is 2.36. The average molecular weight is 499 g/mol. The van der Waals surface area contributed by atoms with Gasteiger partial charge >= 0.3 is 5.97 Å². The number of amides is 1. The molecule has 1 atom stereocenters. The summed E-state index contributed by atoms with van der Waals surface area (Å²) in [5.74, 6) is 0.269. The summed E-state index contributed by atoms with van der Waals surface area (Å²) in [6, 6.07) is 17.4. The number of carbonyl (C=O) groups is 2. The molecule has 0 bridgehead atoms. The standard InChI is InChI=1S/C26H27ClN2O6/c1-32-21-14-23(34-3)22(33-2)13-19(21)26(31)29-20-12-17(27)10-11-18(20)25(28-15-24(30)35-4)16-8-6-5-7-9-16/h5-14,25,28H,15H2,1-4H3,(H,29,31)/t25-/m0/s1. The van der Waals surface area contributed by atoms with Crippen molar-refractivity contribution >= 4 is 29.2 Å². The topological polar surface area (TPSA) is 95.1 Å². The summed E-state index contributed by atoms with van der Waals surface area (Å²) in [7, 11) is 5.77. The Balaban J connectivity index is 2.03. The van der Waals surface area contributed by atoms with Crippen molar-refractivity contribution in [2.75, 3.05) is 40.3 Å². The van der Waals surface area contributed by atoms with E-state index in [1.165, 1.54) is 28.4 Å². The fourth-order valence-corrected chi connectivity index (χ4v) is 3.77. The quantitative estimate of drug-likeness (QED) is 0.398. The van der Waals surface area contributed by atoms with Gasteiger partial charge in [-0.25, -0.2) is 0 Å². The summed E-state index contributed by atoms with van der Waals surface area (Å²) in [6.07, 6.45) is 0. The summed E-state index contributed by atoms with van der Waals surface area (Å²) >= 11 is 6.29. The predicted octanol–water partition coefficient (Wildman–Crippen LogP) is 4.47. The van der Waals surface area contributed by atoms with Gasteiger partial charge in [0.05, 0.1) is 46.6 Å². The Hall–Kier alpha value is -3.75. The molecule has 35 heavy (non-hydrogen) atoms. The van der Waals surface area contributed by atoms with Gasteiger partial charge < -0.3 is 24.3 Å². The lowest BCUT2D eigenvalue weighted by Gasteiger charge is -2.23. The number of ether oxygens (including phenoxy) is 4. The third-order valence-electron chi connectivity index (χ3n) is 5.34. The maximum absolute atomic E-state index is 13.4. The van der Waals surface area contributed by atoms with Gasteiger partial charge in [0.15, 0.2) is 11.5 Å². The Morgan fingerprint density at radius 3 is 2.14 bits per heavy atom. The number of esters is 1. The zero-order chi connectivity index (χ0) is 25.4. The van der Waals surface area contributed by atoms with Gasteiger partial charge in [-0.1, -0.05) is 48.0 Å². The van der Waals surface area contributed by atoms with Crippen LogP contribution in [0.3, 0.4) is 0 Å². The van der Waals surface area contributed by atoms with Crippen LogP contribution in [0.5, 0.6) is 17.2 Å². The smallest absolute Gasteiger partial charge is 0.319 e. The fourth-order valence-electron chi connectivity index (χ4n) is 3.60. The zero-order valence-corrected chi connectivity index (χ0v) is 20.6. The Morgan fingerprint density at radius 1 is 0.857 bits per heavy atom. The van der Waals surface area contributed by atoms with Gasteiger partial charge in [0.2, 0.25) is 0 Å². The maximum atomic E-state index is 13.4. The van der Waals surface area contributed by atoms with Crippen LogP contribution in [0.15, 0.2) is 60.7 Å². The van der Waals surface area contributed by atoms with Crippen LogP contribution in [0.1, 0.15) is 27.5 Å². The van der Waals surface area contributed by atoms with E-state index in [1.54, 1.807) is 30.3 Å². The molecule has 0 saturated carbocycles. The van der Waals surface area contributed by atoms with E-state index in [2.05, 4.69) is 10.6 Å². The van der Waals surface area contributed by atoms with E-state index in [-0.39, 0.29) is 12.1 Å². The fraction of sp³-hybridized carbons (Fsp3) is 0.231. The van der Waals surface area contributed by atoms with Crippen molar-refractivity contribution in [2.24, 2.45) is 0 Å². The van der Waals surface area contributed by atoms with Crippen LogP contribution >= 0.6 is 11.6 Å². The van der Waals surface area contributed by atoms with Crippen molar-refractivity contribution in [3.63, 3.8) is 0 Å². The number of hydrogen-bond acceptors (Lipinski definition) is 7. The first kappa shape index (κ1) is 25.9. The molecular weight excluding hydrogens is 472 g/mol. The van der Waals surface area contributed by atoms with Crippen LogP contribution in [0, 0.1) is 0 Å². The third-order valence-corrected chi connectivity index (χ3v) is 5.57. The lowest BCUT2D eigenvalue weighted by atomic mass is 9.96. The first-order chi connectivity index (χ1) is 16.9. The molecular formula is C26H27ClN2O6. The summed E-state index contributed by atoms with van der Waals surface area (Å²) in [5.41, 5.74) is 2.30. The molecule has 8 nitrogen and oxygen atoms in total. The van der Waals surface area contributed by atoms with E-state index < -0.39 is 17.9 Å². The maximum Gasteiger partial charge on any atom is 0.319 e. The molecule has 0 heterocycles. The molecule has 0 aliphatic heterocycles. The minimum absolute atomic E-state index is 0.0322. The van der Waals surface area contributed by atoms with Crippen LogP contribution in [-0.2, 0) is 9.53 Å². The number of rotatable bonds is 10. The second-order valence-corrected chi connectivity index (χ2v) is 7.83. The van der Waals surface area contributed by atoms with Gasteiger partial charge in [0.25, 0.3) is 5.91 Å². The van der Waals surface area contributed by atoms with Crippen LogP contribution < -0.4 is 24.8 Å². The van der Waals surface area contributed by atoms with E-state index in [9.17, 15) is 9.59 Å². The Bertz CT molecular complexity index is 1190. The molecule has 3 rings (SSSR count). The molecule has 0 unspecified atom stereocenters. The largest absolute Gasteiger partial charge is 0.496 e. The number of methoxy groups -OCH3 is 4. The van der Waals surface area contributed by atoms with Gasteiger partial charge in [0.1, 0.15) is 5.75 Å². The Labute approximate surface area is 209 Å². The molecule has 0 saturated heterocycles. The Morgan fingerprint density at radius 2 is 1.51 bits per heavy atom. The molecule has 0 aliphatic rings. The van der Waals surface area contributed by atoms with Gasteiger partial charge in [0, 0.05) is 22.8 Å². The van der Waals surface area contributed by atoms with Crippen LogP contribution in [-0.4, -0.2) is 46.9 Å². The van der Waals surface area contributed by atoms with Crippen molar-refractivity contribution in [3.05, 3.63) is 82.4 Å². The minimum atomic E-state index is -0.439. The monoisotopic (exact) mass is 498 g/mol. The molecule has 0 aromatic heterocycles. The second-order valence-electron chi connectivity index (χ2n) is 7.39. The molecule has 0 aliphatic carbocycles. The minimum Gasteiger partial charge on any atom is -0.496 e. The first-order valence-corrected chi connectivity index (χ1v) is 11.1. The van der Waals surface area contributed by atoms with Gasteiger partial charge in [-0.2, -0.15) is 0 Å². The van der Waals surface area contributed by atoms with Crippen molar-refractivity contribution in [1.82, 2.24) is 5.32 Å². The molecule has 1 amide bonds. The lowest BCUT2D eigenvalue weighted by molar-refractivity contribution is -0.139. The number of benzene rings is 3. The highest BCUT2D eigenvalue weighted by molar-refractivity contribution is 6.31. The molecule has 3 aromatic carbocycles. The van der Waals surface area contributed by atoms with E-state index in [4.69, 9.17) is 30.5 Å². The zero-order valence-electron chi connectivity index (χ0n) is 19.9. The number of nitrogens with one attached hydrogen (secondary N) is 2. The van der Waals surface area contributed by atoms with Crippen molar-refractivity contribution < 1.29 is 28.5 Å². The highest BCUT2D eigenvalue weighted by atomic mass is 35.5. The van der Waals surface area contributed by atoms with Crippen molar-refractivity contribution in [3.8, 4) is 17.2 Å². The average Bonchev–Trinajstić information content (AvgIpc) is 2.89. The van der Waals surface area contributed by atoms with Crippen molar-refractivity contribution in [2.45, 2.75) is 6.04 Å². The van der Waals surface area contributed by atoms with Crippen LogP contribution in [0.25, 0.3) is 0 Å². The van der Waals surface area contributed by atoms with Gasteiger partial charge in [-0.15, -0.1) is 0 Å². The molecule has 184 valence electrons. The first-order valence-electron chi connectivity index (χ1n) is 10.7. The van der Waals surface area contributed by atoms with E-state index in [0.29, 0.717) is 33.5 Å². The van der Waals surface area contributed by atoms with E-state index in [1.807, 2.05) is 30.3 Å². The summed E-state index contributed by atoms with van der Waals surface area (Å²) in [5, 5.41) is 6.56. The predicted molar refractivity (Wildman–Crippen MR) is 134 cm³/mol. The van der Waals surface area contributed by atoms with E-state index in [0.717, 1.165) is 5.56 Å². The third kappa shape index (κ3) is 6.23. The van der Waals surface area contributed by atoms with E-state index >= 15 is 0 Å². The number of hydrogen-bond donors (Lipinski definition) is 2. The van der Waals surface area contributed by atoms with Crippen molar-refractivity contribution in [1.29, 1.82) is 0 Å². The lowest BCUT2D eigenvalue weighted by Crippen LogP contribution is -2.30.